The summed E-state index contributed by atoms with van der Waals surface area (Å²) < 4.78 is 1.52. The summed E-state index contributed by atoms with van der Waals surface area (Å²) in [5, 5.41) is 0.789. The third-order valence-corrected chi connectivity index (χ3v) is 7.61. The Balaban J connectivity index is 2.02. The molecule has 42 heavy (non-hydrogen) atoms. The van der Waals surface area contributed by atoms with E-state index < -0.39 is 6.04 Å². The van der Waals surface area contributed by atoms with Crippen LogP contribution >= 0.6 is 11.6 Å². The Morgan fingerprint density at radius 1 is 0.976 bits per heavy atom. The van der Waals surface area contributed by atoms with Gasteiger partial charge in [-0.3, -0.25) is 19.0 Å². The van der Waals surface area contributed by atoms with E-state index in [1.807, 2.05) is 52.0 Å². The van der Waals surface area contributed by atoms with Gasteiger partial charge in [0.05, 0.1) is 17.4 Å². The molecule has 9 heteroatoms. The van der Waals surface area contributed by atoms with Crippen LogP contribution in [-0.2, 0) is 11.3 Å². The second-order valence-electron chi connectivity index (χ2n) is 10.8. The molecule has 1 heterocycles. The molecule has 0 aliphatic heterocycles. The first kappa shape index (κ1) is 30.9. The van der Waals surface area contributed by atoms with E-state index in [1.165, 1.54) is 14.4 Å². The van der Waals surface area contributed by atoms with Crippen LogP contribution in [0.15, 0.2) is 65.5 Å². The van der Waals surface area contributed by atoms with Crippen molar-refractivity contribution in [3.8, 4) is 0 Å². The monoisotopic (exact) mass is 587 g/mol. The molecule has 0 aliphatic carbocycles. The van der Waals surface area contributed by atoms with Gasteiger partial charge in [0.1, 0.15) is 5.82 Å². The number of nitrogens with two attached hydrogens (primary N) is 1. The number of fused-ring (bicyclic) bond motifs is 1. The Morgan fingerprint density at radius 2 is 1.64 bits per heavy atom. The summed E-state index contributed by atoms with van der Waals surface area (Å²) in [7, 11) is 1.68. The van der Waals surface area contributed by atoms with Crippen LogP contribution in [0.1, 0.15) is 57.8 Å². The van der Waals surface area contributed by atoms with Crippen molar-refractivity contribution >= 4 is 34.3 Å². The van der Waals surface area contributed by atoms with Gasteiger partial charge in [-0.2, -0.15) is 0 Å². The lowest BCUT2D eigenvalue weighted by molar-refractivity contribution is -0.135. The molecule has 220 valence electrons. The zero-order chi connectivity index (χ0) is 30.6. The number of aryl methyl sites for hydroxylation is 3. The number of carbonyl (C=O) groups excluding carboxylic acids is 2. The molecule has 0 saturated heterocycles. The van der Waals surface area contributed by atoms with Crippen LogP contribution in [0.3, 0.4) is 0 Å². The highest BCUT2D eigenvalue weighted by Gasteiger charge is 2.37. The van der Waals surface area contributed by atoms with Crippen molar-refractivity contribution in [1.29, 1.82) is 0 Å². The van der Waals surface area contributed by atoms with Gasteiger partial charge >= 0.3 is 0 Å². The van der Waals surface area contributed by atoms with Crippen LogP contribution in [0.2, 0.25) is 5.02 Å². The van der Waals surface area contributed by atoms with Gasteiger partial charge in [0.25, 0.3) is 17.4 Å². The molecule has 8 nitrogen and oxygen atoms in total. The summed E-state index contributed by atoms with van der Waals surface area (Å²) >= 11 is 6.31. The van der Waals surface area contributed by atoms with Crippen LogP contribution in [0, 0.1) is 20.8 Å². The van der Waals surface area contributed by atoms with Crippen LogP contribution in [0.4, 0.5) is 0 Å². The minimum absolute atomic E-state index is 0.172. The number of likely N-dealkylation sites (N-methyl/N-ethyl adjacent to an activating group) is 1. The van der Waals surface area contributed by atoms with Crippen LogP contribution in [0.5, 0.6) is 0 Å². The van der Waals surface area contributed by atoms with Crippen molar-refractivity contribution in [2.24, 2.45) is 5.73 Å². The summed E-state index contributed by atoms with van der Waals surface area (Å²) in [5.74, 6) is -0.515. The second-order valence-corrected chi connectivity index (χ2v) is 11.2. The first-order chi connectivity index (χ1) is 20.0. The maximum absolute atomic E-state index is 14.2. The van der Waals surface area contributed by atoms with Crippen molar-refractivity contribution < 1.29 is 9.59 Å². The van der Waals surface area contributed by atoms with E-state index in [0.29, 0.717) is 41.0 Å². The van der Waals surface area contributed by atoms with Crippen molar-refractivity contribution in [1.82, 2.24) is 19.4 Å². The van der Waals surface area contributed by atoms with Crippen molar-refractivity contribution in [2.75, 3.05) is 26.7 Å². The van der Waals surface area contributed by atoms with Gasteiger partial charge in [-0.25, -0.2) is 4.98 Å². The summed E-state index contributed by atoms with van der Waals surface area (Å²) in [6.45, 7) is 8.89. The van der Waals surface area contributed by atoms with Crippen molar-refractivity contribution in [3.05, 3.63) is 110 Å². The number of nitrogens with zero attached hydrogens (tertiary/aromatic N) is 4. The fourth-order valence-electron chi connectivity index (χ4n) is 5.13. The Hall–Kier alpha value is -4.01. The lowest BCUT2D eigenvalue weighted by Gasteiger charge is -2.34. The maximum atomic E-state index is 14.2. The van der Waals surface area contributed by atoms with Gasteiger partial charge in [-0.1, -0.05) is 58.6 Å². The summed E-state index contributed by atoms with van der Waals surface area (Å²) in [5.41, 5.74) is 10.4. The van der Waals surface area contributed by atoms with Gasteiger partial charge in [0, 0.05) is 30.7 Å². The number of hydrogen-bond acceptors (Lipinski definition) is 5. The normalized spacial score (nSPS) is 11.9. The molecule has 0 bridgehead atoms. The Morgan fingerprint density at radius 3 is 2.26 bits per heavy atom. The fraction of sp³-hybridized carbons (Fsp3) is 0.333. The van der Waals surface area contributed by atoms with Gasteiger partial charge in [0.15, 0.2) is 6.04 Å². The number of aromatic nitrogens is 2. The molecular weight excluding hydrogens is 550 g/mol. The lowest BCUT2D eigenvalue weighted by Crippen LogP contribution is -2.47. The van der Waals surface area contributed by atoms with Crippen LogP contribution in [-0.4, -0.2) is 57.8 Å². The molecule has 4 rings (SSSR count). The first-order valence-electron chi connectivity index (χ1n) is 14.1. The molecule has 2 N–H and O–H groups in total. The maximum Gasteiger partial charge on any atom is 0.261 e. The van der Waals surface area contributed by atoms with E-state index in [4.69, 9.17) is 22.3 Å². The Kier molecular flexibility index (Phi) is 9.81. The quantitative estimate of drug-likeness (QED) is 0.280. The number of carbonyl (C=O) groups is 2. The predicted octanol–water partition coefficient (Wildman–Crippen LogP) is 5.03. The van der Waals surface area contributed by atoms with Gasteiger partial charge in [-0.15, -0.1) is 0 Å². The van der Waals surface area contributed by atoms with E-state index in [2.05, 4.69) is 6.07 Å². The largest absolute Gasteiger partial charge is 0.344 e. The van der Waals surface area contributed by atoms with Crippen LogP contribution < -0.4 is 11.3 Å². The Labute approximate surface area is 251 Å². The standard InChI is InChI=1S/C33H38ClN5O3/c1-6-37(5)33(42)29(38(15-7-14-35)31(40)25-10-8-21(2)9-11-25)30-36-28-19-26(34)12-13-27(28)32(41)39(30)20-24-17-22(3)16-23(4)18-24/h8-13,16-19,29H,6-7,14-15,20,35H2,1-5H3. The molecule has 0 fully saturated rings. The molecule has 1 unspecified atom stereocenters. The van der Waals surface area contributed by atoms with E-state index in [9.17, 15) is 14.4 Å². The lowest BCUT2D eigenvalue weighted by atomic mass is 10.1. The topological polar surface area (TPSA) is 102 Å². The predicted molar refractivity (Wildman–Crippen MR) is 168 cm³/mol. The minimum atomic E-state index is -1.18. The molecule has 1 aromatic heterocycles. The number of halogens is 1. The van der Waals surface area contributed by atoms with Gasteiger partial charge < -0.3 is 15.5 Å². The molecule has 2 amide bonds. The number of hydrogen-bond donors (Lipinski definition) is 1. The van der Waals surface area contributed by atoms with Crippen molar-refractivity contribution in [3.63, 3.8) is 0 Å². The molecular formula is C33H38ClN5O3. The molecule has 0 saturated carbocycles. The fourth-order valence-corrected chi connectivity index (χ4v) is 5.30. The van der Waals surface area contributed by atoms with E-state index in [0.717, 1.165) is 22.3 Å². The third kappa shape index (κ3) is 6.72. The zero-order valence-corrected chi connectivity index (χ0v) is 25.6. The highest BCUT2D eigenvalue weighted by atomic mass is 35.5. The smallest absolute Gasteiger partial charge is 0.261 e. The average molecular weight is 588 g/mol. The minimum Gasteiger partial charge on any atom is -0.344 e. The first-order valence-corrected chi connectivity index (χ1v) is 14.5. The molecule has 0 spiro atoms. The summed E-state index contributed by atoms with van der Waals surface area (Å²) in [6.07, 6.45) is 0.456. The Bertz CT molecular complexity index is 1650. The third-order valence-electron chi connectivity index (χ3n) is 7.37. The summed E-state index contributed by atoms with van der Waals surface area (Å²) in [6, 6.07) is 17.0. The number of rotatable bonds is 10. The summed E-state index contributed by atoms with van der Waals surface area (Å²) in [4.78, 5) is 50.4. The number of benzene rings is 3. The van der Waals surface area contributed by atoms with Gasteiger partial charge in [0.2, 0.25) is 0 Å². The van der Waals surface area contributed by atoms with Crippen molar-refractivity contribution in [2.45, 2.75) is 46.7 Å². The molecule has 3 aromatic carbocycles. The highest BCUT2D eigenvalue weighted by molar-refractivity contribution is 6.31. The average Bonchev–Trinajstić information content (AvgIpc) is 2.95. The molecule has 4 aromatic rings. The number of amides is 2. The highest BCUT2D eigenvalue weighted by Crippen LogP contribution is 2.27. The van der Waals surface area contributed by atoms with E-state index >= 15 is 0 Å². The molecule has 0 radical (unpaired) electrons. The zero-order valence-electron chi connectivity index (χ0n) is 24.9. The second kappa shape index (κ2) is 13.3. The SMILES string of the molecule is CCN(C)C(=O)C(c1nc2cc(Cl)ccc2c(=O)n1Cc1cc(C)cc(C)c1)N(CCCN)C(=O)c1ccc(C)cc1. The molecule has 0 aliphatic rings. The van der Waals surface area contributed by atoms with E-state index in [1.54, 1.807) is 37.4 Å². The van der Waals surface area contributed by atoms with E-state index in [-0.39, 0.29) is 36.3 Å². The van der Waals surface area contributed by atoms with Crippen LogP contribution in [0.25, 0.3) is 10.9 Å². The molecule has 1 atom stereocenters. The van der Waals surface area contributed by atoms with Gasteiger partial charge in [-0.05, 0) is 76.6 Å².